The number of amides is 3. The lowest BCUT2D eigenvalue weighted by Crippen LogP contribution is -2.36. The van der Waals surface area contributed by atoms with E-state index in [0.717, 1.165) is 6.07 Å². The number of aliphatic hydroxyl groups is 1. The number of hydrogen-bond donors (Lipinski definition) is 6. The molecular weight excluding hydrogens is 690 g/mol. The molecule has 0 unspecified atom stereocenters. The summed E-state index contributed by atoms with van der Waals surface area (Å²) in [5, 5.41) is 38.9. The number of allylic oxidation sites excluding steroid dienone is 2. The van der Waals surface area contributed by atoms with Crippen LogP contribution in [0.5, 0.6) is 17.2 Å². The number of carbonyl (C=O) groups is 4. The van der Waals surface area contributed by atoms with Crippen LogP contribution in [-0.2, 0) is 35.1 Å². The zero-order chi connectivity index (χ0) is 39.4. The molecule has 0 spiro atoms. The minimum Gasteiger partial charge on any atom is -0.506 e. The number of benzene rings is 2. The van der Waals surface area contributed by atoms with Crippen LogP contribution in [0.4, 0.5) is 21.0 Å². The summed E-state index contributed by atoms with van der Waals surface area (Å²) < 4.78 is 26.9. The van der Waals surface area contributed by atoms with Gasteiger partial charge in [-0.3, -0.25) is 14.9 Å². The first-order chi connectivity index (χ1) is 25.0. The number of aliphatic hydroxyl groups excluding tert-OH is 1. The van der Waals surface area contributed by atoms with Crippen LogP contribution < -0.4 is 21.1 Å². The van der Waals surface area contributed by atoms with Crippen molar-refractivity contribution in [1.82, 2.24) is 0 Å². The molecule has 15 nitrogen and oxygen atoms in total. The molecule has 1 aliphatic heterocycles. The Morgan fingerprint density at radius 2 is 1.74 bits per heavy atom. The number of ether oxygens (including phenoxy) is 5. The molecule has 2 bridgehead atoms. The number of primary amides is 1. The van der Waals surface area contributed by atoms with Crippen molar-refractivity contribution in [3.8, 4) is 17.2 Å². The van der Waals surface area contributed by atoms with E-state index in [-0.39, 0.29) is 35.5 Å². The molecule has 3 rings (SSSR count). The van der Waals surface area contributed by atoms with Crippen molar-refractivity contribution >= 4 is 41.5 Å². The van der Waals surface area contributed by atoms with E-state index in [1.165, 1.54) is 58.4 Å². The molecule has 0 fully saturated rings. The minimum atomic E-state index is -1.08. The normalized spacial score (nSPS) is 24.3. The summed E-state index contributed by atoms with van der Waals surface area (Å²) in [6.07, 6.45) is 2.15. The largest absolute Gasteiger partial charge is 0.506 e. The van der Waals surface area contributed by atoms with Crippen molar-refractivity contribution in [1.29, 1.82) is 0 Å². The molecule has 7 N–H and O–H groups in total. The van der Waals surface area contributed by atoms with Gasteiger partial charge in [-0.1, -0.05) is 48.9 Å². The van der Waals surface area contributed by atoms with E-state index in [2.05, 4.69) is 10.6 Å². The van der Waals surface area contributed by atoms with Crippen molar-refractivity contribution in [3.05, 3.63) is 82.5 Å². The van der Waals surface area contributed by atoms with Crippen LogP contribution in [0.3, 0.4) is 0 Å². The number of carbonyl (C=O) groups excluding carboxylic acids is 4. The van der Waals surface area contributed by atoms with Gasteiger partial charge in [0.15, 0.2) is 6.10 Å². The molecule has 1 aliphatic rings. The highest BCUT2D eigenvalue weighted by molar-refractivity contribution is 6.06. The van der Waals surface area contributed by atoms with Gasteiger partial charge in [0.05, 0.1) is 23.6 Å². The van der Waals surface area contributed by atoms with Crippen molar-refractivity contribution in [2.45, 2.75) is 72.1 Å². The van der Waals surface area contributed by atoms with E-state index in [9.17, 15) is 34.5 Å². The highest BCUT2D eigenvalue weighted by Gasteiger charge is 2.29. The number of aromatic hydroxyl groups is 2. The predicted molar refractivity (Wildman–Crippen MR) is 196 cm³/mol. The van der Waals surface area contributed by atoms with Gasteiger partial charge in [0, 0.05) is 44.3 Å². The van der Waals surface area contributed by atoms with Gasteiger partial charge in [0.1, 0.15) is 30.0 Å². The third kappa shape index (κ3) is 12.0. The average Bonchev–Trinajstić information content (AvgIpc) is 3.10. The lowest BCUT2D eigenvalue weighted by Gasteiger charge is -2.28. The summed E-state index contributed by atoms with van der Waals surface area (Å²) in [4.78, 5) is 49.2. The maximum Gasteiger partial charge on any atom is 0.412 e. The third-order valence-electron chi connectivity index (χ3n) is 8.28. The summed E-state index contributed by atoms with van der Waals surface area (Å²) in [5.41, 5.74) is 6.74. The summed E-state index contributed by atoms with van der Waals surface area (Å²) in [6.45, 7) is 7.74. The van der Waals surface area contributed by atoms with Crippen LogP contribution in [0.2, 0.25) is 0 Å². The molecule has 286 valence electrons. The summed E-state index contributed by atoms with van der Waals surface area (Å²) in [5.74, 6) is -2.33. The minimum absolute atomic E-state index is 0.0672. The van der Waals surface area contributed by atoms with E-state index in [1.807, 2.05) is 0 Å². The second kappa shape index (κ2) is 19.3. The molecular formula is C38H47N3O12. The van der Waals surface area contributed by atoms with Crippen LogP contribution in [0, 0.1) is 5.92 Å². The SMILES string of the molecule is CO[C@H]1C=C/C=C(\C)C(=O)Nc2cc(O)c(NC(=O)OCc3ccc(OC(C)=O)cc3)c(c2O)/C=C(\C)C[C@H](OC)[C@H](O)[C@@H](C)/C=C(\C)[C@@H]1OC(N)=O. The van der Waals surface area contributed by atoms with E-state index in [0.29, 0.717) is 22.5 Å². The molecule has 15 heteroatoms. The Balaban J connectivity index is 2.05. The first-order valence-electron chi connectivity index (χ1n) is 16.6. The molecule has 3 amide bonds. The lowest BCUT2D eigenvalue weighted by atomic mass is 9.91. The molecule has 0 radical (unpaired) electrons. The fraction of sp³-hybridized carbons (Fsp3) is 0.368. The maximum absolute atomic E-state index is 13.2. The van der Waals surface area contributed by atoms with Crippen LogP contribution in [0.15, 0.2) is 71.4 Å². The molecule has 0 aromatic heterocycles. The first-order valence-corrected chi connectivity index (χ1v) is 16.6. The second-order valence-corrected chi connectivity index (χ2v) is 12.5. The lowest BCUT2D eigenvalue weighted by molar-refractivity contribution is -0.131. The highest BCUT2D eigenvalue weighted by Crippen LogP contribution is 2.42. The van der Waals surface area contributed by atoms with Gasteiger partial charge in [-0.15, -0.1) is 0 Å². The number of nitrogens with two attached hydrogens (primary N) is 1. The van der Waals surface area contributed by atoms with E-state index in [4.69, 9.17) is 29.4 Å². The van der Waals surface area contributed by atoms with Gasteiger partial charge in [0.25, 0.3) is 5.91 Å². The Bertz CT molecular complexity index is 1780. The number of esters is 1. The smallest absolute Gasteiger partial charge is 0.412 e. The molecule has 2 aromatic rings. The molecule has 53 heavy (non-hydrogen) atoms. The second-order valence-electron chi connectivity index (χ2n) is 12.5. The van der Waals surface area contributed by atoms with Crippen LogP contribution in [-0.4, -0.2) is 78.0 Å². The van der Waals surface area contributed by atoms with Crippen LogP contribution in [0.25, 0.3) is 6.08 Å². The number of methoxy groups -OCH3 is 2. The van der Waals surface area contributed by atoms with E-state index < -0.39 is 65.9 Å². The van der Waals surface area contributed by atoms with Gasteiger partial charge < -0.3 is 50.1 Å². The topological polar surface area (TPSA) is 225 Å². The number of fused-ring (bicyclic) bond motifs is 2. The molecule has 1 heterocycles. The molecule has 0 saturated carbocycles. The first kappa shape index (κ1) is 41.8. The van der Waals surface area contributed by atoms with Crippen molar-refractivity contribution in [2.24, 2.45) is 11.7 Å². The fourth-order valence-corrected chi connectivity index (χ4v) is 5.52. The number of hydrogen-bond acceptors (Lipinski definition) is 12. The Hall–Kier alpha value is -5.64. The molecule has 5 atom stereocenters. The quantitative estimate of drug-likeness (QED) is 0.0685. The third-order valence-corrected chi connectivity index (χ3v) is 8.28. The summed E-state index contributed by atoms with van der Waals surface area (Å²) in [6, 6.07) is 7.34. The van der Waals surface area contributed by atoms with Gasteiger partial charge in [-0.25, -0.2) is 9.59 Å². The Morgan fingerprint density at radius 1 is 1.06 bits per heavy atom. The molecule has 0 aliphatic carbocycles. The molecule has 0 saturated heterocycles. The number of anilines is 2. The van der Waals surface area contributed by atoms with Crippen LogP contribution >= 0.6 is 0 Å². The van der Waals surface area contributed by atoms with Crippen molar-refractivity contribution in [3.63, 3.8) is 0 Å². The number of nitrogens with one attached hydrogen (secondary N) is 2. The van der Waals surface area contributed by atoms with Gasteiger partial charge in [-0.05, 0) is 56.5 Å². The van der Waals surface area contributed by atoms with Gasteiger partial charge in [-0.2, -0.15) is 0 Å². The maximum atomic E-state index is 13.2. The zero-order valence-corrected chi connectivity index (χ0v) is 30.7. The fourth-order valence-electron chi connectivity index (χ4n) is 5.52. The highest BCUT2D eigenvalue weighted by atomic mass is 16.6. The van der Waals surface area contributed by atoms with Crippen LogP contribution in [0.1, 0.15) is 52.2 Å². The summed E-state index contributed by atoms with van der Waals surface area (Å²) in [7, 11) is 2.83. The Morgan fingerprint density at radius 3 is 2.34 bits per heavy atom. The Kier molecular flexibility index (Phi) is 15.2. The number of rotatable bonds is 7. The van der Waals surface area contributed by atoms with E-state index >= 15 is 0 Å². The Labute approximate surface area is 307 Å². The summed E-state index contributed by atoms with van der Waals surface area (Å²) >= 11 is 0. The molecule has 2 aromatic carbocycles. The van der Waals surface area contributed by atoms with E-state index in [1.54, 1.807) is 45.1 Å². The monoisotopic (exact) mass is 737 g/mol. The average molecular weight is 738 g/mol. The van der Waals surface area contributed by atoms with Crippen molar-refractivity contribution in [2.75, 3.05) is 24.9 Å². The van der Waals surface area contributed by atoms with Gasteiger partial charge in [0.2, 0.25) is 0 Å². The predicted octanol–water partition coefficient (Wildman–Crippen LogP) is 5.46. The van der Waals surface area contributed by atoms with Gasteiger partial charge >= 0.3 is 18.2 Å². The number of phenolic OH excluding ortho intramolecular Hbond substituents is 2. The zero-order valence-electron chi connectivity index (χ0n) is 30.7. The number of phenols is 2. The van der Waals surface area contributed by atoms with Crippen molar-refractivity contribution < 1.29 is 58.2 Å². The standard InChI is InChI=1S/C38H47N3O12/c1-20-15-27-32(41-38(48)51-19-25-11-13-26(14-12-25)52-24(5)42)29(43)18-28(34(27)45)40-36(46)21(2)9-8-10-30(49-6)35(53-37(39)47)23(4)17-22(3)33(44)31(16-20)50-7/h8-15,17-18,22,30-31,33,35,43-45H,16,19H2,1-7H3,(H2,39,47)(H,40,46)(H,41,48)/b10-8?,20-15+,21-9+,23-17+/t22-,30-,31-,33+,35-/m0/s1.